The molecule has 0 atom stereocenters. The number of carbonyl (C=O) groups excluding carboxylic acids is 3. The van der Waals surface area contributed by atoms with Gasteiger partial charge in [-0.3, -0.25) is 34.2 Å². The zero-order valence-electron chi connectivity index (χ0n) is 17.4. The van der Waals surface area contributed by atoms with Crippen molar-refractivity contribution in [3.05, 3.63) is 68.4 Å². The predicted octanol–water partition coefficient (Wildman–Crippen LogP) is 1.06. The zero-order valence-corrected chi connectivity index (χ0v) is 19.0. The van der Waals surface area contributed by atoms with Gasteiger partial charge in [0.15, 0.2) is 0 Å². The summed E-state index contributed by atoms with van der Waals surface area (Å²) < 4.78 is 1.04. The molecule has 0 saturated carbocycles. The fourth-order valence-corrected chi connectivity index (χ4v) is 3.43. The summed E-state index contributed by atoms with van der Waals surface area (Å²) in [6.07, 6.45) is 13.9. The van der Waals surface area contributed by atoms with Crippen LogP contribution in [-0.4, -0.2) is 62.2 Å². The van der Waals surface area contributed by atoms with Crippen LogP contribution in [0.25, 0.3) is 6.08 Å². The van der Waals surface area contributed by atoms with Crippen molar-refractivity contribution >= 4 is 47.4 Å². The first-order chi connectivity index (χ1) is 15.3. The van der Waals surface area contributed by atoms with Crippen LogP contribution in [0.5, 0.6) is 5.88 Å². The zero-order chi connectivity index (χ0) is 23.7. The summed E-state index contributed by atoms with van der Waals surface area (Å²) in [5.74, 6) is -1.11. The van der Waals surface area contributed by atoms with Crippen molar-refractivity contribution < 1.29 is 19.5 Å². The molecule has 0 radical (unpaired) electrons. The summed E-state index contributed by atoms with van der Waals surface area (Å²) in [6, 6.07) is -0.734. The molecule has 12 heteroatoms. The SMILES string of the molecule is CSCCN1C(=O)NC(=O)\C(=C/C=C/C=C/C=C/c2c(O)n(CSC)c(=O)[nH]c2=O)C1=O. The Labute approximate surface area is 191 Å². The third-order valence-corrected chi connectivity index (χ3v) is 5.25. The van der Waals surface area contributed by atoms with Crippen molar-refractivity contribution in [3.8, 4) is 5.88 Å². The predicted molar refractivity (Wildman–Crippen MR) is 126 cm³/mol. The Kier molecular flexibility index (Phi) is 9.35. The van der Waals surface area contributed by atoms with Crippen molar-refractivity contribution in [2.24, 2.45) is 0 Å². The van der Waals surface area contributed by atoms with Crippen molar-refractivity contribution in [1.29, 1.82) is 0 Å². The van der Waals surface area contributed by atoms with Crippen LogP contribution in [0, 0.1) is 0 Å². The van der Waals surface area contributed by atoms with Gasteiger partial charge in [0.2, 0.25) is 5.88 Å². The molecule has 0 aromatic carbocycles. The molecule has 3 N–H and O–H groups in total. The van der Waals surface area contributed by atoms with E-state index in [0.717, 1.165) is 9.47 Å². The van der Waals surface area contributed by atoms with Gasteiger partial charge < -0.3 is 5.11 Å². The largest absolute Gasteiger partial charge is 0.494 e. The first kappa shape index (κ1) is 25.0. The molecule has 1 aromatic rings. The van der Waals surface area contributed by atoms with Crippen LogP contribution < -0.4 is 16.6 Å². The molecule has 0 unspecified atom stereocenters. The molecule has 1 fully saturated rings. The van der Waals surface area contributed by atoms with Gasteiger partial charge in [0.25, 0.3) is 17.4 Å². The molecule has 2 heterocycles. The quantitative estimate of drug-likeness (QED) is 0.272. The molecule has 0 aliphatic carbocycles. The van der Waals surface area contributed by atoms with E-state index in [1.54, 1.807) is 24.5 Å². The summed E-state index contributed by atoms with van der Waals surface area (Å²) in [5, 5.41) is 12.3. The highest BCUT2D eigenvalue weighted by Gasteiger charge is 2.34. The number of thioether (sulfide) groups is 2. The monoisotopic (exact) mass is 478 g/mol. The van der Waals surface area contributed by atoms with E-state index in [2.05, 4.69) is 10.3 Å². The number of rotatable bonds is 9. The van der Waals surface area contributed by atoms with Gasteiger partial charge in [-0.25, -0.2) is 9.59 Å². The standard InChI is InChI=1S/C20H22N4O6S2/c1-31-11-10-23-17(27)13(15(25)21-19(23)29)8-6-4-3-5-7-9-14-16(26)22-20(30)24(12-32-2)18(14)28/h3-9,28H,10-12H2,1-2H3,(H,21,25,29)(H,22,26,30)/b5-3+,6-4+,9-7+,13-8+. The summed E-state index contributed by atoms with van der Waals surface area (Å²) >= 11 is 2.78. The molecule has 4 amide bonds. The van der Waals surface area contributed by atoms with Gasteiger partial charge >= 0.3 is 11.7 Å². The van der Waals surface area contributed by atoms with Gasteiger partial charge in [0, 0.05) is 12.3 Å². The van der Waals surface area contributed by atoms with E-state index in [9.17, 15) is 29.1 Å². The van der Waals surface area contributed by atoms with Gasteiger partial charge in [-0.15, -0.1) is 11.8 Å². The van der Waals surface area contributed by atoms with E-state index in [-0.39, 0.29) is 23.6 Å². The van der Waals surface area contributed by atoms with E-state index in [0.29, 0.717) is 5.75 Å². The van der Waals surface area contributed by atoms with Crippen LogP contribution in [0.3, 0.4) is 0 Å². The number of H-pyrrole nitrogens is 1. The number of nitrogens with one attached hydrogen (secondary N) is 2. The molecule has 0 bridgehead atoms. The number of aromatic hydroxyl groups is 1. The highest BCUT2D eigenvalue weighted by molar-refractivity contribution is 7.98. The van der Waals surface area contributed by atoms with E-state index in [1.807, 2.05) is 6.26 Å². The number of hydrogen-bond donors (Lipinski definition) is 3. The topological polar surface area (TPSA) is 142 Å². The minimum atomic E-state index is -0.760. The summed E-state index contributed by atoms with van der Waals surface area (Å²) in [4.78, 5) is 62.8. The molecule has 1 aliphatic rings. The third kappa shape index (κ3) is 6.14. The van der Waals surface area contributed by atoms with Crippen molar-refractivity contribution in [2.75, 3.05) is 24.8 Å². The maximum atomic E-state index is 12.4. The number of aromatic nitrogens is 2. The minimum Gasteiger partial charge on any atom is -0.494 e. The first-order valence-electron chi connectivity index (χ1n) is 9.24. The van der Waals surface area contributed by atoms with Crippen LogP contribution in [0.2, 0.25) is 0 Å². The Morgan fingerprint density at radius 1 is 0.969 bits per heavy atom. The molecule has 1 saturated heterocycles. The van der Waals surface area contributed by atoms with Gasteiger partial charge in [-0.2, -0.15) is 11.8 Å². The Hall–Kier alpha value is -3.25. The van der Waals surface area contributed by atoms with E-state index < -0.39 is 35.0 Å². The second-order valence-electron chi connectivity index (χ2n) is 6.26. The molecule has 0 spiro atoms. The number of nitrogens with zero attached hydrogens (tertiary/aromatic N) is 2. The fourth-order valence-electron chi connectivity index (χ4n) is 2.57. The van der Waals surface area contributed by atoms with Crippen LogP contribution in [0.4, 0.5) is 4.79 Å². The average molecular weight is 479 g/mol. The Bertz CT molecular complexity index is 1130. The van der Waals surface area contributed by atoms with Gasteiger partial charge in [-0.1, -0.05) is 30.4 Å². The molecule has 10 nitrogen and oxygen atoms in total. The molecular formula is C20H22N4O6S2. The van der Waals surface area contributed by atoms with Crippen molar-refractivity contribution in [2.45, 2.75) is 5.88 Å². The lowest BCUT2D eigenvalue weighted by Gasteiger charge is -2.25. The highest BCUT2D eigenvalue weighted by Crippen LogP contribution is 2.14. The van der Waals surface area contributed by atoms with Crippen LogP contribution >= 0.6 is 23.5 Å². The average Bonchev–Trinajstić information content (AvgIpc) is 2.74. The van der Waals surface area contributed by atoms with Crippen LogP contribution in [-0.2, 0) is 15.5 Å². The molecule has 1 aromatic heterocycles. The van der Waals surface area contributed by atoms with Crippen LogP contribution in [0.15, 0.2) is 51.6 Å². The summed E-state index contributed by atoms with van der Waals surface area (Å²) in [5.41, 5.74) is -1.62. The van der Waals surface area contributed by atoms with Crippen LogP contribution in [0.1, 0.15) is 5.56 Å². The van der Waals surface area contributed by atoms with E-state index in [1.165, 1.54) is 47.8 Å². The Morgan fingerprint density at radius 3 is 2.34 bits per heavy atom. The van der Waals surface area contributed by atoms with Gasteiger partial charge in [0.05, 0.1) is 5.88 Å². The number of allylic oxidation sites excluding steroid dienone is 6. The molecule has 32 heavy (non-hydrogen) atoms. The normalized spacial score (nSPS) is 16.2. The van der Waals surface area contributed by atoms with Crippen molar-refractivity contribution in [1.82, 2.24) is 19.8 Å². The Morgan fingerprint density at radius 2 is 1.66 bits per heavy atom. The number of urea groups is 1. The molecular weight excluding hydrogens is 456 g/mol. The first-order valence-corrected chi connectivity index (χ1v) is 12.0. The number of hydrogen-bond acceptors (Lipinski definition) is 8. The summed E-state index contributed by atoms with van der Waals surface area (Å²) in [6.45, 7) is 0.196. The lowest BCUT2D eigenvalue weighted by Crippen LogP contribution is -2.54. The minimum absolute atomic E-state index is 0.0612. The van der Waals surface area contributed by atoms with E-state index in [4.69, 9.17) is 0 Å². The Balaban J connectivity index is 2.09. The lowest BCUT2D eigenvalue weighted by atomic mass is 10.1. The van der Waals surface area contributed by atoms with Gasteiger partial charge in [0.1, 0.15) is 11.1 Å². The molecule has 2 rings (SSSR count). The summed E-state index contributed by atoms with van der Waals surface area (Å²) in [7, 11) is 0. The number of carbonyl (C=O) groups is 3. The number of barbiturate groups is 1. The fraction of sp³-hybridized carbons (Fsp3) is 0.250. The maximum absolute atomic E-state index is 12.4. The number of imide groups is 2. The highest BCUT2D eigenvalue weighted by atomic mass is 32.2. The maximum Gasteiger partial charge on any atom is 0.331 e. The second kappa shape index (κ2) is 12.0. The van der Waals surface area contributed by atoms with Crippen molar-refractivity contribution in [3.63, 3.8) is 0 Å². The molecule has 170 valence electrons. The number of amides is 4. The van der Waals surface area contributed by atoms with E-state index >= 15 is 0 Å². The lowest BCUT2D eigenvalue weighted by molar-refractivity contribution is -0.130. The number of aromatic amines is 1. The third-order valence-electron chi connectivity index (χ3n) is 4.14. The molecule has 1 aliphatic heterocycles. The smallest absolute Gasteiger partial charge is 0.331 e. The van der Waals surface area contributed by atoms with Gasteiger partial charge in [-0.05, 0) is 24.7 Å². The second-order valence-corrected chi connectivity index (χ2v) is 8.08.